The lowest BCUT2D eigenvalue weighted by atomic mass is 10.2. The summed E-state index contributed by atoms with van der Waals surface area (Å²) in [5.41, 5.74) is 1.01. The Hall–Kier alpha value is -0.950. The van der Waals surface area contributed by atoms with Crippen LogP contribution in [0.2, 0.25) is 0 Å². The maximum absolute atomic E-state index is 11.9. The van der Waals surface area contributed by atoms with E-state index in [0.29, 0.717) is 13.0 Å². The highest BCUT2D eigenvalue weighted by molar-refractivity contribution is 7.86. The Labute approximate surface area is 120 Å². The highest BCUT2D eigenvalue weighted by atomic mass is 32.2. The molecule has 1 heterocycles. The fourth-order valence-corrected chi connectivity index (χ4v) is 2.94. The Bertz CT molecular complexity index is 523. The van der Waals surface area contributed by atoms with Crippen LogP contribution in [0.5, 0.6) is 0 Å². The van der Waals surface area contributed by atoms with Crippen LogP contribution in [0, 0.1) is 6.92 Å². The molecule has 0 saturated carbocycles. The largest absolute Gasteiger partial charge is 0.350 e. The van der Waals surface area contributed by atoms with E-state index in [-0.39, 0.29) is 23.9 Å². The van der Waals surface area contributed by atoms with Gasteiger partial charge in [0.25, 0.3) is 10.1 Å². The van der Waals surface area contributed by atoms with Gasteiger partial charge in [0.1, 0.15) is 0 Å². The molecule has 0 N–H and O–H groups in total. The van der Waals surface area contributed by atoms with Crippen molar-refractivity contribution in [1.82, 2.24) is 0 Å². The molecule has 1 aromatic carbocycles. The summed E-state index contributed by atoms with van der Waals surface area (Å²) in [6, 6.07) is 6.61. The molecule has 20 heavy (non-hydrogen) atoms. The van der Waals surface area contributed by atoms with Crippen LogP contribution in [0.3, 0.4) is 0 Å². The lowest BCUT2D eigenvalue weighted by molar-refractivity contribution is -0.0437. The molecule has 0 radical (unpaired) electrons. The van der Waals surface area contributed by atoms with Gasteiger partial charge >= 0.3 is 0 Å². The van der Waals surface area contributed by atoms with Gasteiger partial charge in [0.2, 0.25) is 0 Å². The van der Waals surface area contributed by atoms with Crippen molar-refractivity contribution in [3.8, 4) is 0 Å². The SMILES string of the molecule is Cc1ccc(S(=O)(=O)OCCCC2COC(C)O2)cc1. The molecule has 0 aliphatic carbocycles. The first-order valence-electron chi connectivity index (χ1n) is 6.70. The molecule has 1 saturated heterocycles. The molecule has 0 spiro atoms. The van der Waals surface area contributed by atoms with E-state index in [4.69, 9.17) is 13.7 Å². The quantitative estimate of drug-likeness (QED) is 0.595. The summed E-state index contributed by atoms with van der Waals surface area (Å²) in [6.45, 7) is 4.47. The maximum atomic E-state index is 11.9. The number of ether oxygens (including phenoxy) is 2. The number of aryl methyl sites for hydroxylation is 1. The fourth-order valence-electron chi connectivity index (χ4n) is 2.00. The third kappa shape index (κ3) is 4.28. The minimum absolute atomic E-state index is 0.0377. The van der Waals surface area contributed by atoms with Crippen LogP contribution in [-0.2, 0) is 23.8 Å². The second-order valence-electron chi connectivity index (χ2n) is 4.89. The molecule has 1 fully saturated rings. The third-order valence-corrected chi connectivity index (χ3v) is 4.45. The highest BCUT2D eigenvalue weighted by Crippen LogP contribution is 2.17. The first-order valence-corrected chi connectivity index (χ1v) is 8.11. The molecule has 0 amide bonds. The van der Waals surface area contributed by atoms with Gasteiger partial charge in [-0.1, -0.05) is 17.7 Å². The summed E-state index contributed by atoms with van der Waals surface area (Å²) in [6.07, 6.45) is 1.22. The molecular weight excluding hydrogens is 280 g/mol. The van der Waals surface area contributed by atoms with Gasteiger partial charge in [-0.3, -0.25) is 4.18 Å². The Morgan fingerprint density at radius 1 is 1.30 bits per heavy atom. The zero-order valence-electron chi connectivity index (χ0n) is 11.7. The Morgan fingerprint density at radius 3 is 2.60 bits per heavy atom. The van der Waals surface area contributed by atoms with Crippen molar-refractivity contribution in [1.29, 1.82) is 0 Å². The third-order valence-electron chi connectivity index (χ3n) is 3.12. The van der Waals surface area contributed by atoms with E-state index in [0.717, 1.165) is 12.0 Å². The van der Waals surface area contributed by atoms with Crippen molar-refractivity contribution in [2.45, 2.75) is 44.0 Å². The molecule has 1 aliphatic heterocycles. The van der Waals surface area contributed by atoms with Crippen LogP contribution < -0.4 is 0 Å². The van der Waals surface area contributed by atoms with Crippen LogP contribution in [0.1, 0.15) is 25.3 Å². The van der Waals surface area contributed by atoms with E-state index in [1.165, 1.54) is 0 Å². The standard InChI is InChI=1S/C14H20O5S/c1-11-5-7-14(8-6-11)20(15,16)18-9-3-4-13-10-17-12(2)19-13/h5-8,12-13H,3-4,9-10H2,1-2H3. The van der Waals surface area contributed by atoms with Gasteiger partial charge in [0.05, 0.1) is 24.2 Å². The summed E-state index contributed by atoms with van der Waals surface area (Å²) in [4.78, 5) is 0.192. The minimum Gasteiger partial charge on any atom is -0.350 e. The Kier molecular flexibility index (Phi) is 5.15. The molecule has 5 nitrogen and oxygen atoms in total. The fraction of sp³-hybridized carbons (Fsp3) is 0.571. The van der Waals surface area contributed by atoms with Crippen molar-refractivity contribution < 1.29 is 22.1 Å². The molecule has 1 aliphatic rings. The molecule has 0 bridgehead atoms. The summed E-state index contributed by atoms with van der Waals surface area (Å²) >= 11 is 0. The van der Waals surface area contributed by atoms with Gasteiger partial charge in [-0.2, -0.15) is 8.42 Å². The second kappa shape index (κ2) is 6.67. The molecule has 2 rings (SSSR count). The maximum Gasteiger partial charge on any atom is 0.296 e. The molecule has 2 unspecified atom stereocenters. The van der Waals surface area contributed by atoms with Crippen LogP contribution in [0.15, 0.2) is 29.2 Å². The first kappa shape index (κ1) is 15.4. The van der Waals surface area contributed by atoms with E-state index in [1.54, 1.807) is 24.3 Å². The zero-order chi connectivity index (χ0) is 14.6. The van der Waals surface area contributed by atoms with Crippen molar-refractivity contribution in [2.24, 2.45) is 0 Å². The van der Waals surface area contributed by atoms with Gasteiger partial charge in [0, 0.05) is 0 Å². The topological polar surface area (TPSA) is 61.8 Å². The van der Waals surface area contributed by atoms with Crippen molar-refractivity contribution in [3.63, 3.8) is 0 Å². The van der Waals surface area contributed by atoms with E-state index in [1.807, 2.05) is 13.8 Å². The Balaban J connectivity index is 1.76. The molecule has 0 aromatic heterocycles. The van der Waals surface area contributed by atoms with E-state index < -0.39 is 10.1 Å². The number of hydrogen-bond acceptors (Lipinski definition) is 5. The monoisotopic (exact) mass is 300 g/mol. The molecular formula is C14H20O5S. The predicted octanol–water partition coefficient (Wildman–Crippen LogP) is 2.24. The summed E-state index contributed by atoms with van der Waals surface area (Å²) in [5.74, 6) is 0. The number of benzene rings is 1. The highest BCUT2D eigenvalue weighted by Gasteiger charge is 2.22. The predicted molar refractivity (Wildman–Crippen MR) is 73.8 cm³/mol. The number of hydrogen-bond donors (Lipinski definition) is 0. The van der Waals surface area contributed by atoms with Gasteiger partial charge in [0.15, 0.2) is 6.29 Å². The lowest BCUT2D eigenvalue weighted by Gasteiger charge is -2.09. The summed E-state index contributed by atoms with van der Waals surface area (Å²) in [7, 11) is -3.66. The van der Waals surface area contributed by atoms with Crippen LogP contribution in [0.25, 0.3) is 0 Å². The van der Waals surface area contributed by atoms with Gasteiger partial charge in [-0.25, -0.2) is 0 Å². The van der Waals surface area contributed by atoms with Crippen molar-refractivity contribution in [3.05, 3.63) is 29.8 Å². The van der Waals surface area contributed by atoms with E-state index in [2.05, 4.69) is 0 Å². The molecule has 112 valence electrons. The summed E-state index contributed by atoms with van der Waals surface area (Å²) < 4.78 is 39.6. The Morgan fingerprint density at radius 2 is 2.00 bits per heavy atom. The second-order valence-corrected chi connectivity index (χ2v) is 6.51. The van der Waals surface area contributed by atoms with E-state index >= 15 is 0 Å². The average molecular weight is 300 g/mol. The van der Waals surface area contributed by atoms with E-state index in [9.17, 15) is 8.42 Å². The first-order chi connectivity index (χ1) is 9.47. The van der Waals surface area contributed by atoms with Gasteiger partial charge in [-0.15, -0.1) is 0 Å². The zero-order valence-corrected chi connectivity index (χ0v) is 12.6. The van der Waals surface area contributed by atoms with Gasteiger partial charge < -0.3 is 9.47 Å². The summed E-state index contributed by atoms with van der Waals surface area (Å²) in [5, 5.41) is 0. The average Bonchev–Trinajstić information content (AvgIpc) is 2.81. The van der Waals surface area contributed by atoms with Crippen LogP contribution in [0.4, 0.5) is 0 Å². The van der Waals surface area contributed by atoms with Gasteiger partial charge in [-0.05, 0) is 38.8 Å². The van der Waals surface area contributed by atoms with Crippen molar-refractivity contribution >= 4 is 10.1 Å². The smallest absolute Gasteiger partial charge is 0.296 e. The number of rotatable bonds is 6. The molecule has 6 heteroatoms. The molecule has 1 aromatic rings. The normalized spacial score (nSPS) is 23.1. The van der Waals surface area contributed by atoms with Crippen LogP contribution in [-0.4, -0.2) is 34.0 Å². The van der Waals surface area contributed by atoms with Crippen LogP contribution >= 0.6 is 0 Å². The molecule has 2 atom stereocenters. The lowest BCUT2D eigenvalue weighted by Crippen LogP contribution is -2.13. The van der Waals surface area contributed by atoms with Crippen molar-refractivity contribution in [2.75, 3.05) is 13.2 Å². The minimum atomic E-state index is -3.66.